The fraction of sp³-hybridized carbons (Fsp3) is 0.333. The van der Waals surface area contributed by atoms with Crippen molar-refractivity contribution in [1.82, 2.24) is 0 Å². The van der Waals surface area contributed by atoms with Gasteiger partial charge < -0.3 is 14.6 Å². The molecule has 0 amide bonds. The summed E-state index contributed by atoms with van der Waals surface area (Å²) >= 11 is 0. The Morgan fingerprint density at radius 2 is 1.86 bits per heavy atom. The first-order valence-electron chi connectivity index (χ1n) is 7.21. The Bertz CT molecular complexity index is 593. The summed E-state index contributed by atoms with van der Waals surface area (Å²) in [6.45, 7) is 4.67. The minimum Gasteiger partial charge on any atom is -0.496 e. The Morgan fingerprint density at radius 1 is 1.10 bits per heavy atom. The number of ether oxygens (including phenoxy) is 2. The number of aryl methyl sites for hydroxylation is 1. The van der Waals surface area contributed by atoms with Crippen LogP contribution in [-0.4, -0.2) is 18.8 Å². The van der Waals surface area contributed by atoms with E-state index in [1.807, 2.05) is 49.4 Å². The number of rotatable bonds is 6. The molecule has 2 rings (SSSR count). The average molecular weight is 286 g/mol. The Hall–Kier alpha value is -2.00. The van der Waals surface area contributed by atoms with Crippen LogP contribution in [0.3, 0.4) is 0 Å². The van der Waals surface area contributed by atoms with E-state index in [0.29, 0.717) is 6.61 Å². The highest BCUT2D eigenvalue weighted by Crippen LogP contribution is 2.32. The average Bonchev–Trinajstić information content (AvgIpc) is 2.52. The van der Waals surface area contributed by atoms with Crippen molar-refractivity contribution in [1.29, 1.82) is 0 Å². The molecule has 0 radical (unpaired) electrons. The second-order valence-electron chi connectivity index (χ2n) is 5.02. The van der Waals surface area contributed by atoms with Gasteiger partial charge in [0.25, 0.3) is 0 Å². The molecule has 0 fully saturated rings. The normalized spacial score (nSPS) is 12.0. The molecule has 21 heavy (non-hydrogen) atoms. The van der Waals surface area contributed by atoms with E-state index in [1.54, 1.807) is 7.11 Å². The second-order valence-corrected chi connectivity index (χ2v) is 5.02. The maximum atomic E-state index is 10.6. The first kappa shape index (κ1) is 15.4. The van der Waals surface area contributed by atoms with Gasteiger partial charge in [0, 0.05) is 5.56 Å². The van der Waals surface area contributed by atoms with Crippen molar-refractivity contribution in [2.45, 2.75) is 26.4 Å². The van der Waals surface area contributed by atoms with E-state index in [0.717, 1.165) is 34.6 Å². The van der Waals surface area contributed by atoms with Crippen LogP contribution in [0.1, 0.15) is 36.1 Å². The zero-order valence-electron chi connectivity index (χ0n) is 12.8. The van der Waals surface area contributed by atoms with Gasteiger partial charge in [0.05, 0.1) is 13.7 Å². The van der Waals surface area contributed by atoms with Gasteiger partial charge in [-0.2, -0.15) is 0 Å². The Kier molecular flexibility index (Phi) is 5.23. The summed E-state index contributed by atoms with van der Waals surface area (Å²) in [7, 11) is 1.65. The van der Waals surface area contributed by atoms with Gasteiger partial charge in [-0.25, -0.2) is 0 Å². The lowest BCUT2D eigenvalue weighted by Crippen LogP contribution is -2.05. The molecule has 2 aromatic carbocycles. The van der Waals surface area contributed by atoms with E-state index in [-0.39, 0.29) is 0 Å². The topological polar surface area (TPSA) is 38.7 Å². The molecule has 1 atom stereocenters. The Labute approximate surface area is 126 Å². The first-order valence-corrected chi connectivity index (χ1v) is 7.21. The molecule has 0 aliphatic carbocycles. The molecule has 112 valence electrons. The van der Waals surface area contributed by atoms with Crippen LogP contribution in [0.25, 0.3) is 0 Å². The van der Waals surface area contributed by atoms with E-state index in [4.69, 9.17) is 9.47 Å². The standard InChI is InChI=1S/C18H22O3/c1-4-11-21-17-8-6-5-7-15(17)18(19)14-9-10-16(20-3)13(2)12-14/h5-10,12,18-19H,4,11H2,1-3H3. The highest BCUT2D eigenvalue weighted by atomic mass is 16.5. The van der Waals surface area contributed by atoms with E-state index in [2.05, 4.69) is 6.92 Å². The highest BCUT2D eigenvalue weighted by Gasteiger charge is 2.16. The van der Waals surface area contributed by atoms with Crippen LogP contribution < -0.4 is 9.47 Å². The van der Waals surface area contributed by atoms with Gasteiger partial charge in [-0.1, -0.05) is 31.2 Å². The third kappa shape index (κ3) is 3.56. The largest absolute Gasteiger partial charge is 0.496 e. The molecular weight excluding hydrogens is 264 g/mol. The van der Waals surface area contributed by atoms with Gasteiger partial charge in [0.2, 0.25) is 0 Å². The van der Waals surface area contributed by atoms with E-state index in [1.165, 1.54) is 0 Å². The lowest BCUT2D eigenvalue weighted by molar-refractivity contribution is 0.210. The fourth-order valence-electron chi connectivity index (χ4n) is 2.30. The molecule has 3 heteroatoms. The van der Waals surface area contributed by atoms with Gasteiger partial charge >= 0.3 is 0 Å². The molecule has 2 aromatic rings. The summed E-state index contributed by atoms with van der Waals surface area (Å²) < 4.78 is 11.0. The number of aliphatic hydroxyl groups is 1. The molecule has 3 nitrogen and oxygen atoms in total. The molecule has 0 aliphatic heterocycles. The maximum Gasteiger partial charge on any atom is 0.125 e. The number of methoxy groups -OCH3 is 1. The third-order valence-electron chi connectivity index (χ3n) is 3.41. The van der Waals surface area contributed by atoms with E-state index >= 15 is 0 Å². The number of hydrogen-bond donors (Lipinski definition) is 1. The van der Waals surface area contributed by atoms with Crippen LogP contribution in [0.4, 0.5) is 0 Å². The zero-order valence-corrected chi connectivity index (χ0v) is 12.8. The summed E-state index contributed by atoms with van der Waals surface area (Å²) in [5, 5.41) is 10.6. The Balaban J connectivity index is 2.31. The molecule has 0 aromatic heterocycles. The molecule has 0 spiro atoms. The monoisotopic (exact) mass is 286 g/mol. The summed E-state index contributed by atoms with van der Waals surface area (Å²) in [5.41, 5.74) is 2.62. The molecule has 1 N–H and O–H groups in total. The quantitative estimate of drug-likeness (QED) is 0.876. The van der Waals surface area contributed by atoms with Crippen LogP contribution in [0.5, 0.6) is 11.5 Å². The number of aliphatic hydroxyl groups excluding tert-OH is 1. The van der Waals surface area contributed by atoms with Crippen molar-refractivity contribution < 1.29 is 14.6 Å². The minimum absolute atomic E-state index is 0.644. The third-order valence-corrected chi connectivity index (χ3v) is 3.41. The lowest BCUT2D eigenvalue weighted by Gasteiger charge is -2.17. The van der Waals surface area contributed by atoms with Crippen molar-refractivity contribution in [3.8, 4) is 11.5 Å². The van der Waals surface area contributed by atoms with Crippen molar-refractivity contribution in [3.63, 3.8) is 0 Å². The van der Waals surface area contributed by atoms with E-state index in [9.17, 15) is 5.11 Å². The predicted molar refractivity (Wildman–Crippen MR) is 84.0 cm³/mol. The fourth-order valence-corrected chi connectivity index (χ4v) is 2.30. The Morgan fingerprint density at radius 3 is 2.52 bits per heavy atom. The SMILES string of the molecule is CCCOc1ccccc1C(O)c1ccc(OC)c(C)c1. The van der Waals surface area contributed by atoms with Crippen molar-refractivity contribution in [3.05, 3.63) is 59.2 Å². The van der Waals surface area contributed by atoms with Crippen LogP contribution in [0.15, 0.2) is 42.5 Å². The van der Waals surface area contributed by atoms with Crippen LogP contribution in [0, 0.1) is 6.92 Å². The van der Waals surface area contributed by atoms with Crippen molar-refractivity contribution >= 4 is 0 Å². The molecule has 0 saturated carbocycles. The zero-order chi connectivity index (χ0) is 15.2. The maximum absolute atomic E-state index is 10.6. The first-order chi connectivity index (χ1) is 10.2. The lowest BCUT2D eigenvalue weighted by atomic mass is 9.99. The molecule has 1 unspecified atom stereocenters. The van der Waals surface area contributed by atoms with Gasteiger partial charge in [-0.3, -0.25) is 0 Å². The van der Waals surface area contributed by atoms with E-state index < -0.39 is 6.10 Å². The van der Waals surface area contributed by atoms with Gasteiger partial charge in [0.15, 0.2) is 0 Å². The summed E-state index contributed by atoms with van der Waals surface area (Å²) in [6, 6.07) is 13.3. The molecule has 0 bridgehead atoms. The number of hydrogen-bond acceptors (Lipinski definition) is 3. The smallest absolute Gasteiger partial charge is 0.125 e. The predicted octanol–water partition coefficient (Wildman–Crippen LogP) is 3.87. The van der Waals surface area contributed by atoms with Crippen LogP contribution >= 0.6 is 0 Å². The van der Waals surface area contributed by atoms with Crippen molar-refractivity contribution in [2.75, 3.05) is 13.7 Å². The number of benzene rings is 2. The van der Waals surface area contributed by atoms with Gasteiger partial charge in [0.1, 0.15) is 17.6 Å². The molecular formula is C18H22O3. The molecule has 0 heterocycles. The highest BCUT2D eigenvalue weighted by molar-refractivity contribution is 5.43. The minimum atomic E-state index is -0.706. The summed E-state index contributed by atoms with van der Waals surface area (Å²) in [4.78, 5) is 0. The van der Waals surface area contributed by atoms with Gasteiger partial charge in [-0.05, 0) is 42.7 Å². The summed E-state index contributed by atoms with van der Waals surface area (Å²) in [6.07, 6.45) is 0.231. The number of para-hydroxylation sites is 1. The molecule has 0 aliphatic rings. The summed E-state index contributed by atoms with van der Waals surface area (Å²) in [5.74, 6) is 1.56. The van der Waals surface area contributed by atoms with Crippen LogP contribution in [-0.2, 0) is 0 Å². The molecule has 0 saturated heterocycles. The second kappa shape index (κ2) is 7.14. The van der Waals surface area contributed by atoms with Crippen molar-refractivity contribution in [2.24, 2.45) is 0 Å². The van der Waals surface area contributed by atoms with Gasteiger partial charge in [-0.15, -0.1) is 0 Å². The van der Waals surface area contributed by atoms with Crippen LogP contribution in [0.2, 0.25) is 0 Å².